The minimum absolute atomic E-state index is 0.0787. The Kier molecular flexibility index (Phi) is 5.86. The van der Waals surface area contributed by atoms with Crippen molar-refractivity contribution >= 4 is 11.9 Å². The molecule has 6 nitrogen and oxygen atoms in total. The van der Waals surface area contributed by atoms with Gasteiger partial charge in [0.05, 0.1) is 11.6 Å². The third-order valence-corrected chi connectivity index (χ3v) is 5.77. The van der Waals surface area contributed by atoms with E-state index in [2.05, 4.69) is 44.4 Å². The van der Waals surface area contributed by atoms with Crippen molar-refractivity contribution < 1.29 is 4.79 Å². The van der Waals surface area contributed by atoms with Gasteiger partial charge in [-0.15, -0.1) is 0 Å². The van der Waals surface area contributed by atoms with Gasteiger partial charge in [-0.3, -0.25) is 9.69 Å². The van der Waals surface area contributed by atoms with Gasteiger partial charge in [0.2, 0.25) is 11.9 Å². The molecule has 0 radical (unpaired) electrons. The number of carbonyl (C=O) groups excluding carboxylic acids is 1. The molecule has 4 rings (SSSR count). The Morgan fingerprint density at radius 2 is 1.93 bits per heavy atom. The van der Waals surface area contributed by atoms with Crippen molar-refractivity contribution in [1.82, 2.24) is 20.2 Å². The minimum Gasteiger partial charge on any atom is -0.356 e. The molecule has 148 valence electrons. The van der Waals surface area contributed by atoms with Crippen LogP contribution in [0.2, 0.25) is 0 Å². The molecule has 1 aromatic carbocycles. The molecule has 2 saturated heterocycles. The topological polar surface area (TPSA) is 61.4 Å². The van der Waals surface area contributed by atoms with Crippen LogP contribution < -0.4 is 10.2 Å². The van der Waals surface area contributed by atoms with Gasteiger partial charge in [-0.05, 0) is 31.4 Å². The van der Waals surface area contributed by atoms with Crippen LogP contribution in [0.3, 0.4) is 0 Å². The number of benzene rings is 1. The third kappa shape index (κ3) is 4.17. The molecule has 3 heterocycles. The average Bonchev–Trinajstić information content (AvgIpc) is 3.39. The molecule has 2 atom stereocenters. The predicted molar refractivity (Wildman–Crippen MR) is 110 cm³/mol. The number of carbonyl (C=O) groups is 1. The fourth-order valence-corrected chi connectivity index (χ4v) is 4.36. The molecule has 0 aliphatic carbocycles. The van der Waals surface area contributed by atoms with E-state index in [-0.39, 0.29) is 17.7 Å². The number of amides is 1. The summed E-state index contributed by atoms with van der Waals surface area (Å²) in [6.45, 7) is 7.13. The van der Waals surface area contributed by atoms with Crippen LogP contribution in [0.1, 0.15) is 36.9 Å². The molecule has 0 bridgehead atoms. The van der Waals surface area contributed by atoms with Gasteiger partial charge in [-0.2, -0.15) is 0 Å². The van der Waals surface area contributed by atoms with Crippen LogP contribution in [-0.2, 0) is 11.3 Å². The lowest BCUT2D eigenvalue weighted by Crippen LogP contribution is -2.34. The van der Waals surface area contributed by atoms with E-state index in [1.165, 1.54) is 18.4 Å². The van der Waals surface area contributed by atoms with Crippen LogP contribution in [-0.4, -0.2) is 53.5 Å². The van der Waals surface area contributed by atoms with Gasteiger partial charge in [0.15, 0.2) is 0 Å². The van der Waals surface area contributed by atoms with Crippen LogP contribution in [0.25, 0.3) is 0 Å². The molecule has 0 saturated carbocycles. The molecule has 28 heavy (non-hydrogen) atoms. The highest BCUT2D eigenvalue weighted by Gasteiger charge is 2.39. The molecule has 6 heteroatoms. The Morgan fingerprint density at radius 1 is 1.14 bits per heavy atom. The first-order chi connectivity index (χ1) is 13.7. The van der Waals surface area contributed by atoms with Crippen molar-refractivity contribution in [3.05, 3.63) is 53.9 Å². The number of rotatable bonds is 6. The second kappa shape index (κ2) is 8.69. The van der Waals surface area contributed by atoms with Crippen molar-refractivity contribution in [3.63, 3.8) is 0 Å². The molecular formula is C22H29N5O. The quantitative estimate of drug-likeness (QED) is 0.835. The maximum atomic E-state index is 12.8. The van der Waals surface area contributed by atoms with Gasteiger partial charge in [-0.25, -0.2) is 9.97 Å². The largest absolute Gasteiger partial charge is 0.356 e. The number of nitrogens with zero attached hydrogens (tertiary/aromatic N) is 4. The SMILES string of the molecule is CCNC(=O)[C@H]1CN(Cc2ccccc2)C[C@@H]1c1ccnc(N2CCCC2)n1. The van der Waals surface area contributed by atoms with E-state index in [1.54, 1.807) is 0 Å². The van der Waals surface area contributed by atoms with Gasteiger partial charge in [0.1, 0.15) is 0 Å². The molecule has 2 aromatic rings. The molecule has 2 aliphatic heterocycles. The second-order valence-corrected chi connectivity index (χ2v) is 7.76. The zero-order valence-electron chi connectivity index (χ0n) is 16.6. The van der Waals surface area contributed by atoms with Crippen molar-refractivity contribution in [2.45, 2.75) is 32.2 Å². The van der Waals surface area contributed by atoms with E-state index in [1.807, 2.05) is 25.3 Å². The van der Waals surface area contributed by atoms with Crippen LogP contribution in [0.4, 0.5) is 5.95 Å². The number of hydrogen-bond donors (Lipinski definition) is 1. The van der Waals surface area contributed by atoms with E-state index >= 15 is 0 Å². The first-order valence-electron chi connectivity index (χ1n) is 10.4. The van der Waals surface area contributed by atoms with E-state index in [0.29, 0.717) is 6.54 Å². The molecule has 2 aliphatic rings. The van der Waals surface area contributed by atoms with Gasteiger partial charge < -0.3 is 10.2 Å². The molecule has 0 spiro atoms. The lowest BCUT2D eigenvalue weighted by atomic mass is 9.92. The predicted octanol–water partition coefficient (Wildman–Crippen LogP) is 2.43. The summed E-state index contributed by atoms with van der Waals surface area (Å²) in [5.41, 5.74) is 2.27. The summed E-state index contributed by atoms with van der Waals surface area (Å²) in [5.74, 6) is 0.958. The summed E-state index contributed by atoms with van der Waals surface area (Å²) in [5, 5.41) is 3.02. The first-order valence-corrected chi connectivity index (χ1v) is 10.4. The van der Waals surface area contributed by atoms with Crippen LogP contribution in [0.5, 0.6) is 0 Å². The van der Waals surface area contributed by atoms with Crippen molar-refractivity contribution in [1.29, 1.82) is 0 Å². The summed E-state index contributed by atoms with van der Waals surface area (Å²) < 4.78 is 0. The lowest BCUT2D eigenvalue weighted by molar-refractivity contribution is -0.124. The summed E-state index contributed by atoms with van der Waals surface area (Å²) in [7, 11) is 0. The van der Waals surface area contributed by atoms with Crippen molar-refractivity contribution in [2.24, 2.45) is 5.92 Å². The first kappa shape index (κ1) is 18.9. The second-order valence-electron chi connectivity index (χ2n) is 7.76. The Bertz CT molecular complexity index is 791. The molecular weight excluding hydrogens is 350 g/mol. The highest BCUT2D eigenvalue weighted by atomic mass is 16.1. The minimum atomic E-state index is -0.0787. The monoisotopic (exact) mass is 379 g/mol. The molecule has 0 unspecified atom stereocenters. The van der Waals surface area contributed by atoms with Crippen LogP contribution >= 0.6 is 0 Å². The van der Waals surface area contributed by atoms with Crippen molar-refractivity contribution in [2.75, 3.05) is 37.6 Å². The maximum Gasteiger partial charge on any atom is 0.225 e. The Morgan fingerprint density at radius 3 is 2.68 bits per heavy atom. The van der Waals surface area contributed by atoms with E-state index in [0.717, 1.165) is 44.4 Å². The van der Waals surface area contributed by atoms with E-state index in [4.69, 9.17) is 4.98 Å². The summed E-state index contributed by atoms with van der Waals surface area (Å²) in [6, 6.07) is 12.4. The number of likely N-dealkylation sites (tertiary alicyclic amines) is 1. The highest BCUT2D eigenvalue weighted by Crippen LogP contribution is 2.33. The van der Waals surface area contributed by atoms with Gasteiger partial charge in [-0.1, -0.05) is 30.3 Å². The number of aromatic nitrogens is 2. The summed E-state index contributed by atoms with van der Waals surface area (Å²) >= 11 is 0. The maximum absolute atomic E-state index is 12.8. The van der Waals surface area contributed by atoms with Crippen LogP contribution in [0, 0.1) is 5.92 Å². The number of hydrogen-bond acceptors (Lipinski definition) is 5. The van der Waals surface area contributed by atoms with Crippen LogP contribution in [0.15, 0.2) is 42.6 Å². The zero-order valence-corrected chi connectivity index (χ0v) is 16.6. The fraction of sp³-hybridized carbons (Fsp3) is 0.500. The molecule has 1 aromatic heterocycles. The molecule has 1 amide bonds. The third-order valence-electron chi connectivity index (χ3n) is 5.77. The Labute approximate surface area is 167 Å². The van der Waals surface area contributed by atoms with E-state index in [9.17, 15) is 4.79 Å². The number of nitrogens with one attached hydrogen (secondary N) is 1. The fourth-order valence-electron chi connectivity index (χ4n) is 4.36. The van der Waals surface area contributed by atoms with E-state index < -0.39 is 0 Å². The standard InChI is InChI=1S/C22H29N5O/c1-2-23-21(28)19-16-26(14-17-8-4-3-5-9-17)15-18(19)20-10-11-24-22(25-20)27-12-6-7-13-27/h3-5,8-11,18-19H,2,6-7,12-16H2,1H3,(H,23,28)/t18-,19-/m0/s1. The molecule has 1 N–H and O–H groups in total. The smallest absolute Gasteiger partial charge is 0.225 e. The van der Waals surface area contributed by atoms with Crippen molar-refractivity contribution in [3.8, 4) is 0 Å². The summed E-state index contributed by atoms with van der Waals surface area (Å²) in [4.78, 5) is 26.8. The zero-order chi connectivity index (χ0) is 19.3. The summed E-state index contributed by atoms with van der Waals surface area (Å²) in [6.07, 6.45) is 4.25. The highest BCUT2D eigenvalue weighted by molar-refractivity contribution is 5.80. The molecule has 2 fully saturated rings. The lowest BCUT2D eigenvalue weighted by Gasteiger charge is -2.20. The Hall–Kier alpha value is -2.47. The average molecular weight is 380 g/mol. The normalized spacial score (nSPS) is 22.5. The van der Waals surface area contributed by atoms with Gasteiger partial charge in [0.25, 0.3) is 0 Å². The number of anilines is 1. The van der Waals surface area contributed by atoms with Gasteiger partial charge >= 0.3 is 0 Å². The van der Waals surface area contributed by atoms with Gasteiger partial charge in [0, 0.05) is 51.4 Å². The Balaban J connectivity index is 1.55.